The van der Waals surface area contributed by atoms with Crippen LogP contribution in [0.15, 0.2) is 24.8 Å². The van der Waals surface area contributed by atoms with Crippen LogP contribution in [0, 0.1) is 0 Å². The fraction of sp³-hybridized carbons (Fsp3) is 0.421. The van der Waals surface area contributed by atoms with Gasteiger partial charge in [-0.05, 0) is 23.6 Å². The zero-order chi connectivity index (χ0) is 18.4. The number of likely N-dealkylation sites (N-methyl/N-ethyl adjacent to an activating group) is 1. The van der Waals surface area contributed by atoms with Crippen molar-refractivity contribution in [3.8, 4) is 11.1 Å². The highest BCUT2D eigenvalue weighted by atomic mass is 35.5. The summed E-state index contributed by atoms with van der Waals surface area (Å²) in [6, 6.07) is 2.21. The molecule has 0 N–H and O–H groups in total. The van der Waals surface area contributed by atoms with Crippen molar-refractivity contribution >= 4 is 34.8 Å². The summed E-state index contributed by atoms with van der Waals surface area (Å²) in [5.41, 5.74) is 4.03. The fourth-order valence-electron chi connectivity index (χ4n) is 4.33. The van der Waals surface area contributed by atoms with E-state index in [0.29, 0.717) is 29.1 Å². The van der Waals surface area contributed by atoms with Gasteiger partial charge >= 0.3 is 0 Å². The van der Waals surface area contributed by atoms with Crippen LogP contribution in [0.2, 0.25) is 10.0 Å². The lowest BCUT2D eigenvalue weighted by Gasteiger charge is -2.38. The average molecular weight is 391 g/mol. The first-order valence-electron chi connectivity index (χ1n) is 8.80. The van der Waals surface area contributed by atoms with E-state index in [1.807, 2.05) is 17.9 Å². The number of halogens is 2. The number of amides is 1. The van der Waals surface area contributed by atoms with E-state index in [1.165, 1.54) is 6.33 Å². The van der Waals surface area contributed by atoms with Crippen LogP contribution in [-0.2, 0) is 4.79 Å². The van der Waals surface area contributed by atoms with Crippen LogP contribution in [0.4, 0.5) is 5.69 Å². The molecule has 0 spiro atoms. The maximum absolute atomic E-state index is 12.3. The van der Waals surface area contributed by atoms with Crippen LogP contribution >= 0.6 is 23.2 Å². The quantitative estimate of drug-likeness (QED) is 0.777. The van der Waals surface area contributed by atoms with E-state index >= 15 is 0 Å². The van der Waals surface area contributed by atoms with Crippen molar-refractivity contribution in [3.05, 3.63) is 40.4 Å². The summed E-state index contributed by atoms with van der Waals surface area (Å²) in [6.45, 7) is 3.39. The molecule has 0 saturated carbocycles. The molecule has 2 aliphatic heterocycles. The Morgan fingerprint density at radius 2 is 2.04 bits per heavy atom. The molecule has 2 atom stereocenters. The summed E-state index contributed by atoms with van der Waals surface area (Å²) in [5, 5.41) is 1.10. The number of likely N-dealkylation sites (tertiary alicyclic amines) is 1. The summed E-state index contributed by atoms with van der Waals surface area (Å²) in [6.07, 6.45) is 6.54. The SMILES string of the molecule is CCC(=O)N1CC[C@H]2C(C1)c1c(-c3cncnc3)cc(Cl)c(Cl)c1N2C. The largest absolute Gasteiger partial charge is 0.369 e. The van der Waals surface area contributed by atoms with Crippen molar-refractivity contribution in [2.45, 2.75) is 31.7 Å². The van der Waals surface area contributed by atoms with Crippen LogP contribution in [0.1, 0.15) is 31.2 Å². The molecule has 0 aliphatic carbocycles. The number of anilines is 1. The van der Waals surface area contributed by atoms with Crippen LogP contribution in [-0.4, -0.2) is 47.0 Å². The highest BCUT2D eigenvalue weighted by Gasteiger charge is 2.44. The van der Waals surface area contributed by atoms with Crippen LogP contribution < -0.4 is 4.90 Å². The zero-order valence-electron chi connectivity index (χ0n) is 14.7. The predicted molar refractivity (Wildman–Crippen MR) is 104 cm³/mol. The fourth-order valence-corrected chi connectivity index (χ4v) is 4.82. The van der Waals surface area contributed by atoms with Gasteiger partial charge in [0.05, 0.1) is 15.7 Å². The standard InChI is InChI=1S/C19H20Cl2N4O/c1-3-16(26)25-5-4-15-13(9-25)17-12(11-7-22-10-23-8-11)6-14(20)18(21)19(17)24(15)2/h6-8,10,13,15H,3-5,9H2,1-2H3/t13?,15-/m0/s1. The Balaban J connectivity index is 1.87. The number of piperidine rings is 1. The van der Waals surface area contributed by atoms with E-state index in [-0.39, 0.29) is 11.8 Å². The second-order valence-corrected chi connectivity index (χ2v) is 7.66. The van der Waals surface area contributed by atoms with Crippen molar-refractivity contribution in [2.75, 3.05) is 25.0 Å². The van der Waals surface area contributed by atoms with Gasteiger partial charge in [0.25, 0.3) is 0 Å². The normalized spacial score (nSPS) is 21.5. The van der Waals surface area contributed by atoms with Gasteiger partial charge in [-0.15, -0.1) is 0 Å². The van der Waals surface area contributed by atoms with Gasteiger partial charge in [0.1, 0.15) is 6.33 Å². The van der Waals surface area contributed by atoms with Crippen molar-refractivity contribution in [2.24, 2.45) is 0 Å². The number of carbonyl (C=O) groups is 1. The van der Waals surface area contributed by atoms with Crippen LogP contribution in [0.5, 0.6) is 0 Å². The number of aromatic nitrogens is 2. The van der Waals surface area contributed by atoms with Gasteiger partial charge in [0, 0.05) is 56.5 Å². The Bertz CT molecular complexity index is 858. The van der Waals surface area contributed by atoms with Crippen LogP contribution in [0.3, 0.4) is 0 Å². The minimum absolute atomic E-state index is 0.198. The Labute approximate surface area is 162 Å². The molecule has 3 heterocycles. The molecule has 26 heavy (non-hydrogen) atoms. The molecule has 1 fully saturated rings. The van der Waals surface area contributed by atoms with E-state index in [4.69, 9.17) is 23.2 Å². The number of nitrogens with zero attached hydrogens (tertiary/aromatic N) is 4. The highest BCUT2D eigenvalue weighted by Crippen LogP contribution is 2.53. The van der Waals surface area contributed by atoms with Gasteiger partial charge in [0.15, 0.2) is 0 Å². The van der Waals surface area contributed by atoms with Gasteiger partial charge in [0.2, 0.25) is 5.91 Å². The topological polar surface area (TPSA) is 49.3 Å². The van der Waals surface area contributed by atoms with E-state index < -0.39 is 0 Å². The predicted octanol–water partition coefficient (Wildman–Crippen LogP) is 3.99. The molecule has 1 aromatic carbocycles. The minimum atomic E-state index is 0.198. The summed E-state index contributed by atoms with van der Waals surface area (Å²) in [7, 11) is 2.06. The van der Waals surface area contributed by atoms with Crippen molar-refractivity contribution in [1.29, 1.82) is 0 Å². The molecule has 7 heteroatoms. The van der Waals surface area contributed by atoms with Gasteiger partial charge in [-0.25, -0.2) is 9.97 Å². The number of carbonyl (C=O) groups excluding carboxylic acids is 1. The minimum Gasteiger partial charge on any atom is -0.369 e. The van der Waals surface area contributed by atoms with Gasteiger partial charge in [-0.2, -0.15) is 0 Å². The molecule has 2 aromatic rings. The molecule has 1 aromatic heterocycles. The Kier molecular flexibility index (Phi) is 4.53. The monoisotopic (exact) mass is 390 g/mol. The third-order valence-corrected chi connectivity index (χ3v) is 6.34. The molecule has 1 unspecified atom stereocenters. The third kappa shape index (κ3) is 2.65. The van der Waals surface area contributed by atoms with Gasteiger partial charge in [-0.3, -0.25) is 4.79 Å². The number of hydrogen-bond donors (Lipinski definition) is 0. The first-order valence-corrected chi connectivity index (χ1v) is 9.56. The lowest BCUT2D eigenvalue weighted by atomic mass is 9.85. The first-order chi connectivity index (χ1) is 12.5. The lowest BCUT2D eigenvalue weighted by molar-refractivity contribution is -0.132. The van der Waals surface area contributed by atoms with Crippen molar-refractivity contribution in [1.82, 2.24) is 14.9 Å². The molecular weight excluding hydrogens is 371 g/mol. The van der Waals surface area contributed by atoms with Crippen LogP contribution in [0.25, 0.3) is 11.1 Å². The smallest absolute Gasteiger partial charge is 0.222 e. The maximum atomic E-state index is 12.3. The number of rotatable bonds is 2. The van der Waals surface area contributed by atoms with E-state index in [1.54, 1.807) is 12.4 Å². The number of fused-ring (bicyclic) bond motifs is 3. The number of benzene rings is 1. The molecular formula is C19H20Cl2N4O. The Morgan fingerprint density at radius 1 is 1.31 bits per heavy atom. The Hall–Kier alpha value is -1.85. The van der Waals surface area contributed by atoms with Crippen molar-refractivity contribution < 1.29 is 4.79 Å². The molecule has 2 aliphatic rings. The molecule has 1 amide bonds. The second-order valence-electron chi connectivity index (χ2n) is 6.88. The second kappa shape index (κ2) is 6.71. The van der Waals surface area contributed by atoms with E-state index in [2.05, 4.69) is 21.9 Å². The molecule has 1 saturated heterocycles. The van der Waals surface area contributed by atoms with Gasteiger partial charge < -0.3 is 9.80 Å². The first kappa shape index (κ1) is 17.6. The van der Waals surface area contributed by atoms with Crippen molar-refractivity contribution in [3.63, 3.8) is 0 Å². The maximum Gasteiger partial charge on any atom is 0.222 e. The van der Waals surface area contributed by atoms with E-state index in [0.717, 1.165) is 35.3 Å². The molecule has 0 bridgehead atoms. The zero-order valence-corrected chi connectivity index (χ0v) is 16.3. The Morgan fingerprint density at radius 3 is 2.73 bits per heavy atom. The third-order valence-electron chi connectivity index (χ3n) is 5.56. The summed E-state index contributed by atoms with van der Waals surface area (Å²) < 4.78 is 0. The molecule has 0 radical (unpaired) electrons. The average Bonchev–Trinajstić information content (AvgIpc) is 2.97. The lowest BCUT2D eigenvalue weighted by Crippen LogP contribution is -2.47. The summed E-state index contributed by atoms with van der Waals surface area (Å²) >= 11 is 13.0. The summed E-state index contributed by atoms with van der Waals surface area (Å²) in [4.78, 5) is 24.8. The summed E-state index contributed by atoms with van der Waals surface area (Å²) in [5.74, 6) is 0.397. The molecule has 4 rings (SSSR count). The van der Waals surface area contributed by atoms with E-state index in [9.17, 15) is 4.79 Å². The number of hydrogen-bond acceptors (Lipinski definition) is 4. The molecule has 5 nitrogen and oxygen atoms in total. The molecule has 136 valence electrons. The highest BCUT2D eigenvalue weighted by molar-refractivity contribution is 6.44. The van der Waals surface area contributed by atoms with Gasteiger partial charge in [-0.1, -0.05) is 30.1 Å².